The Hall–Kier alpha value is -3.06. The van der Waals surface area contributed by atoms with Crippen molar-refractivity contribution in [2.24, 2.45) is 0 Å². The zero-order chi connectivity index (χ0) is 17.5. The van der Waals surface area contributed by atoms with E-state index in [4.69, 9.17) is 10.00 Å². The Morgan fingerprint density at radius 2 is 1.75 bits per heavy atom. The normalized spacial score (nSPS) is 11.8. The second-order valence-corrected chi connectivity index (χ2v) is 5.60. The fraction of sp³-hybridized carbons (Fsp3) is 0.200. The molecule has 0 fully saturated rings. The SMILES string of the molecule is C[C@@H](C#N)Oc1ccc(/C=C/C(=O)c2ccc(N(C)C)cc2)cc1. The molecule has 0 aliphatic carbocycles. The van der Waals surface area contributed by atoms with Crippen molar-refractivity contribution in [1.82, 2.24) is 0 Å². The van der Waals surface area contributed by atoms with E-state index in [-0.39, 0.29) is 5.78 Å². The molecule has 24 heavy (non-hydrogen) atoms. The average molecular weight is 320 g/mol. The van der Waals surface area contributed by atoms with Gasteiger partial charge in [0.2, 0.25) is 0 Å². The summed E-state index contributed by atoms with van der Waals surface area (Å²) in [6.45, 7) is 1.69. The van der Waals surface area contributed by atoms with Crippen LogP contribution in [-0.2, 0) is 0 Å². The van der Waals surface area contributed by atoms with E-state index in [1.165, 1.54) is 0 Å². The molecule has 0 aliphatic heterocycles. The number of carbonyl (C=O) groups excluding carboxylic acids is 1. The van der Waals surface area contributed by atoms with Gasteiger partial charge in [-0.3, -0.25) is 4.79 Å². The van der Waals surface area contributed by atoms with Gasteiger partial charge in [-0.15, -0.1) is 0 Å². The van der Waals surface area contributed by atoms with E-state index in [9.17, 15) is 4.79 Å². The number of benzene rings is 2. The Morgan fingerprint density at radius 1 is 1.12 bits per heavy atom. The number of allylic oxidation sites excluding steroid dienone is 1. The first-order chi connectivity index (χ1) is 11.5. The highest BCUT2D eigenvalue weighted by Gasteiger charge is 2.03. The van der Waals surface area contributed by atoms with Gasteiger partial charge in [-0.05, 0) is 55.0 Å². The first-order valence-corrected chi connectivity index (χ1v) is 7.66. The van der Waals surface area contributed by atoms with Crippen LogP contribution in [0.3, 0.4) is 0 Å². The standard InChI is InChI=1S/C20H20N2O2/c1-15(14-21)24-19-11-4-16(5-12-19)6-13-20(23)17-7-9-18(10-8-17)22(2)3/h4-13,15H,1-3H3/b13-6+/t15-/m0/s1. The van der Waals surface area contributed by atoms with E-state index >= 15 is 0 Å². The highest BCUT2D eigenvalue weighted by molar-refractivity contribution is 6.06. The number of nitrogens with zero attached hydrogens (tertiary/aromatic N) is 2. The molecule has 2 rings (SSSR count). The third kappa shape index (κ3) is 4.72. The van der Waals surface area contributed by atoms with Crippen molar-refractivity contribution in [3.63, 3.8) is 0 Å². The van der Waals surface area contributed by atoms with Crippen LogP contribution in [0.2, 0.25) is 0 Å². The van der Waals surface area contributed by atoms with Crippen molar-refractivity contribution >= 4 is 17.5 Å². The molecule has 2 aromatic carbocycles. The van der Waals surface area contributed by atoms with Crippen LogP contribution in [0, 0.1) is 11.3 Å². The van der Waals surface area contributed by atoms with E-state index < -0.39 is 6.10 Å². The Labute approximate surface area is 142 Å². The Morgan fingerprint density at radius 3 is 2.29 bits per heavy atom. The summed E-state index contributed by atoms with van der Waals surface area (Å²) in [5, 5.41) is 8.73. The van der Waals surface area contributed by atoms with Crippen LogP contribution in [0.25, 0.3) is 6.08 Å². The van der Waals surface area contributed by atoms with Crippen LogP contribution in [-0.4, -0.2) is 26.0 Å². The highest BCUT2D eigenvalue weighted by Crippen LogP contribution is 2.16. The lowest BCUT2D eigenvalue weighted by atomic mass is 10.1. The molecule has 0 bridgehead atoms. The summed E-state index contributed by atoms with van der Waals surface area (Å²) < 4.78 is 5.39. The van der Waals surface area contributed by atoms with Crippen molar-refractivity contribution in [3.05, 3.63) is 65.7 Å². The molecule has 0 saturated heterocycles. The zero-order valence-corrected chi connectivity index (χ0v) is 14.1. The number of hydrogen-bond acceptors (Lipinski definition) is 4. The van der Waals surface area contributed by atoms with Gasteiger partial charge in [0.05, 0.1) is 0 Å². The molecule has 1 atom stereocenters. The number of ketones is 1. The molecule has 0 amide bonds. The number of anilines is 1. The van der Waals surface area contributed by atoms with Gasteiger partial charge in [-0.25, -0.2) is 0 Å². The minimum Gasteiger partial charge on any atom is -0.476 e. The molecule has 2 aromatic rings. The number of carbonyl (C=O) groups is 1. The molecular weight excluding hydrogens is 300 g/mol. The van der Waals surface area contributed by atoms with Crippen LogP contribution in [0.4, 0.5) is 5.69 Å². The van der Waals surface area contributed by atoms with Gasteiger partial charge in [-0.1, -0.05) is 18.2 Å². The summed E-state index contributed by atoms with van der Waals surface area (Å²) in [5.41, 5.74) is 2.60. The minimum absolute atomic E-state index is 0.0428. The van der Waals surface area contributed by atoms with E-state index in [0.717, 1.165) is 11.3 Å². The zero-order valence-electron chi connectivity index (χ0n) is 14.1. The van der Waals surface area contributed by atoms with Crippen molar-refractivity contribution in [2.75, 3.05) is 19.0 Å². The second-order valence-electron chi connectivity index (χ2n) is 5.60. The maximum absolute atomic E-state index is 12.2. The van der Waals surface area contributed by atoms with Gasteiger partial charge in [0, 0.05) is 25.3 Å². The molecule has 4 heteroatoms. The van der Waals surface area contributed by atoms with Gasteiger partial charge in [0.25, 0.3) is 0 Å². The van der Waals surface area contributed by atoms with Crippen molar-refractivity contribution < 1.29 is 9.53 Å². The molecule has 0 N–H and O–H groups in total. The predicted molar refractivity (Wildman–Crippen MR) is 96.3 cm³/mol. The Bertz CT molecular complexity index is 754. The smallest absolute Gasteiger partial charge is 0.185 e. The number of rotatable bonds is 6. The third-order valence-corrected chi connectivity index (χ3v) is 3.47. The van der Waals surface area contributed by atoms with Crippen molar-refractivity contribution in [1.29, 1.82) is 5.26 Å². The number of hydrogen-bond donors (Lipinski definition) is 0. The van der Waals surface area contributed by atoms with E-state index in [1.807, 2.05) is 61.5 Å². The largest absolute Gasteiger partial charge is 0.476 e. The molecule has 4 nitrogen and oxygen atoms in total. The number of nitriles is 1. The fourth-order valence-electron chi connectivity index (χ4n) is 2.08. The molecule has 0 saturated carbocycles. The quantitative estimate of drug-likeness (QED) is 0.597. The van der Waals surface area contributed by atoms with Crippen LogP contribution in [0.1, 0.15) is 22.8 Å². The molecule has 0 radical (unpaired) electrons. The first kappa shape index (κ1) is 17.3. The highest BCUT2D eigenvalue weighted by atomic mass is 16.5. The maximum Gasteiger partial charge on any atom is 0.185 e. The average Bonchev–Trinajstić information content (AvgIpc) is 2.60. The van der Waals surface area contributed by atoms with Gasteiger partial charge in [0.1, 0.15) is 11.8 Å². The second kappa shape index (κ2) is 7.98. The Kier molecular flexibility index (Phi) is 5.75. The summed E-state index contributed by atoms with van der Waals surface area (Å²) in [4.78, 5) is 14.2. The summed E-state index contributed by atoms with van der Waals surface area (Å²) >= 11 is 0. The van der Waals surface area contributed by atoms with Gasteiger partial charge in [0.15, 0.2) is 11.9 Å². The van der Waals surface area contributed by atoms with Gasteiger partial charge >= 0.3 is 0 Å². The Balaban J connectivity index is 2.02. The summed E-state index contributed by atoms with van der Waals surface area (Å²) in [6, 6.07) is 16.8. The first-order valence-electron chi connectivity index (χ1n) is 7.66. The predicted octanol–water partition coefficient (Wildman–Crippen LogP) is 3.94. The van der Waals surface area contributed by atoms with Crippen molar-refractivity contribution in [3.8, 4) is 11.8 Å². The maximum atomic E-state index is 12.2. The fourth-order valence-corrected chi connectivity index (χ4v) is 2.08. The lowest BCUT2D eigenvalue weighted by Crippen LogP contribution is -2.08. The third-order valence-electron chi connectivity index (χ3n) is 3.47. The molecule has 0 heterocycles. The van der Waals surface area contributed by atoms with E-state index in [2.05, 4.69) is 0 Å². The monoisotopic (exact) mass is 320 g/mol. The number of ether oxygens (including phenoxy) is 1. The van der Waals surface area contributed by atoms with Gasteiger partial charge in [-0.2, -0.15) is 5.26 Å². The van der Waals surface area contributed by atoms with Gasteiger partial charge < -0.3 is 9.64 Å². The minimum atomic E-state index is -0.488. The molecule has 0 aromatic heterocycles. The van der Waals surface area contributed by atoms with E-state index in [0.29, 0.717) is 11.3 Å². The van der Waals surface area contributed by atoms with Crippen LogP contribution >= 0.6 is 0 Å². The molecule has 122 valence electrons. The van der Waals surface area contributed by atoms with Crippen LogP contribution in [0.15, 0.2) is 54.6 Å². The molecule has 0 spiro atoms. The topological polar surface area (TPSA) is 53.3 Å². The summed E-state index contributed by atoms with van der Waals surface area (Å²) in [5.74, 6) is 0.588. The molecule has 0 aliphatic rings. The van der Waals surface area contributed by atoms with Crippen molar-refractivity contribution in [2.45, 2.75) is 13.0 Å². The van der Waals surface area contributed by atoms with Crippen LogP contribution in [0.5, 0.6) is 5.75 Å². The lowest BCUT2D eigenvalue weighted by molar-refractivity contribution is 0.104. The lowest BCUT2D eigenvalue weighted by Gasteiger charge is -2.11. The van der Waals surface area contributed by atoms with Crippen LogP contribution < -0.4 is 9.64 Å². The molecular formula is C20H20N2O2. The van der Waals surface area contributed by atoms with E-state index in [1.54, 1.807) is 31.2 Å². The summed E-state index contributed by atoms with van der Waals surface area (Å²) in [6.07, 6.45) is 2.83. The summed E-state index contributed by atoms with van der Waals surface area (Å²) in [7, 11) is 3.92. The molecule has 0 unspecified atom stereocenters.